The van der Waals surface area contributed by atoms with Crippen LogP contribution in [-0.2, 0) is 16.0 Å². The molecule has 0 aliphatic heterocycles. The van der Waals surface area contributed by atoms with Crippen LogP contribution in [0, 0.1) is 0 Å². The highest BCUT2D eigenvalue weighted by Crippen LogP contribution is 2.09. The lowest BCUT2D eigenvalue weighted by molar-refractivity contribution is -0.145. The number of benzene rings is 1. The lowest BCUT2D eigenvalue weighted by Gasteiger charge is -2.16. The second-order valence-corrected chi connectivity index (χ2v) is 4.75. The van der Waals surface area contributed by atoms with Gasteiger partial charge < -0.3 is 15.3 Å². The fourth-order valence-corrected chi connectivity index (χ4v) is 1.73. The maximum Gasteiger partial charge on any atom is 0.311 e. The van der Waals surface area contributed by atoms with E-state index in [1.165, 1.54) is 4.90 Å². The summed E-state index contributed by atoms with van der Waals surface area (Å²) in [4.78, 5) is 24.8. The molecule has 0 aliphatic rings. The number of carbonyl (C=O) groups excluding carboxylic acids is 2. The quantitative estimate of drug-likeness (QED) is 0.771. The van der Waals surface area contributed by atoms with Gasteiger partial charge in [0.1, 0.15) is 5.75 Å². The van der Waals surface area contributed by atoms with Gasteiger partial charge in [0.05, 0.1) is 0 Å². The molecule has 0 bridgehead atoms. The summed E-state index contributed by atoms with van der Waals surface area (Å²) in [5.41, 5.74) is 0.995. The SMILES string of the molecule is CCCCN(C)C(=O)C(=O)NCCc1ccc(O)cc1. The number of phenolic OH excluding ortho intramolecular Hbond substituents is 1. The number of rotatable bonds is 6. The standard InChI is InChI=1S/C15H22N2O3/c1-3-4-11-17(2)15(20)14(19)16-10-9-12-5-7-13(18)8-6-12/h5-8,18H,3-4,9-11H2,1-2H3,(H,16,19). The number of amides is 2. The Morgan fingerprint density at radius 3 is 2.50 bits per heavy atom. The van der Waals surface area contributed by atoms with Gasteiger partial charge in [-0.2, -0.15) is 0 Å². The van der Waals surface area contributed by atoms with Gasteiger partial charge in [-0.15, -0.1) is 0 Å². The predicted octanol–water partition coefficient (Wildman–Crippen LogP) is 1.31. The zero-order chi connectivity index (χ0) is 15.0. The normalized spacial score (nSPS) is 10.1. The summed E-state index contributed by atoms with van der Waals surface area (Å²) in [5, 5.41) is 11.8. The molecule has 0 saturated carbocycles. The van der Waals surface area contributed by atoms with Crippen LogP contribution in [-0.4, -0.2) is 42.0 Å². The topological polar surface area (TPSA) is 69.6 Å². The molecule has 0 unspecified atom stereocenters. The van der Waals surface area contributed by atoms with Crippen molar-refractivity contribution in [3.63, 3.8) is 0 Å². The van der Waals surface area contributed by atoms with Crippen LogP contribution in [0.4, 0.5) is 0 Å². The van der Waals surface area contributed by atoms with Crippen molar-refractivity contribution in [1.29, 1.82) is 0 Å². The summed E-state index contributed by atoms with van der Waals surface area (Å²) in [6, 6.07) is 6.77. The molecule has 0 spiro atoms. The van der Waals surface area contributed by atoms with Crippen molar-refractivity contribution >= 4 is 11.8 Å². The van der Waals surface area contributed by atoms with Gasteiger partial charge in [-0.1, -0.05) is 25.5 Å². The van der Waals surface area contributed by atoms with Gasteiger partial charge >= 0.3 is 11.8 Å². The Balaban J connectivity index is 2.32. The minimum Gasteiger partial charge on any atom is -0.508 e. The third-order valence-electron chi connectivity index (χ3n) is 3.02. The molecule has 20 heavy (non-hydrogen) atoms. The molecule has 2 N–H and O–H groups in total. The van der Waals surface area contributed by atoms with Crippen LogP contribution in [0.25, 0.3) is 0 Å². The van der Waals surface area contributed by atoms with E-state index in [9.17, 15) is 9.59 Å². The van der Waals surface area contributed by atoms with Crippen LogP contribution >= 0.6 is 0 Å². The molecule has 2 amide bonds. The highest BCUT2D eigenvalue weighted by Gasteiger charge is 2.17. The second-order valence-electron chi connectivity index (χ2n) is 4.75. The summed E-state index contributed by atoms with van der Waals surface area (Å²) in [6.07, 6.45) is 2.50. The summed E-state index contributed by atoms with van der Waals surface area (Å²) >= 11 is 0. The molecule has 110 valence electrons. The molecule has 5 heteroatoms. The number of unbranched alkanes of at least 4 members (excludes halogenated alkanes) is 1. The van der Waals surface area contributed by atoms with Crippen molar-refractivity contribution < 1.29 is 14.7 Å². The molecular formula is C15H22N2O3. The van der Waals surface area contributed by atoms with Crippen molar-refractivity contribution in [2.45, 2.75) is 26.2 Å². The number of nitrogens with one attached hydrogen (secondary N) is 1. The first-order chi connectivity index (χ1) is 9.54. The smallest absolute Gasteiger partial charge is 0.311 e. The molecule has 0 atom stereocenters. The van der Waals surface area contributed by atoms with E-state index in [4.69, 9.17) is 5.11 Å². The molecule has 0 aliphatic carbocycles. The van der Waals surface area contributed by atoms with Gasteiger partial charge in [0.2, 0.25) is 0 Å². The lowest BCUT2D eigenvalue weighted by Crippen LogP contribution is -2.42. The average molecular weight is 278 g/mol. The molecule has 0 aromatic heterocycles. The Bertz CT molecular complexity index is 443. The van der Waals surface area contributed by atoms with Crippen molar-refractivity contribution in [3.05, 3.63) is 29.8 Å². The summed E-state index contributed by atoms with van der Waals surface area (Å²) in [5.74, 6) is -0.850. The Kier molecular flexibility index (Phi) is 6.56. The zero-order valence-corrected chi connectivity index (χ0v) is 12.1. The van der Waals surface area contributed by atoms with Crippen molar-refractivity contribution in [2.75, 3.05) is 20.1 Å². The van der Waals surface area contributed by atoms with E-state index < -0.39 is 11.8 Å². The first-order valence-electron chi connectivity index (χ1n) is 6.85. The van der Waals surface area contributed by atoms with Crippen LogP contribution in [0.3, 0.4) is 0 Å². The van der Waals surface area contributed by atoms with E-state index in [1.54, 1.807) is 31.3 Å². The largest absolute Gasteiger partial charge is 0.508 e. The average Bonchev–Trinajstić information content (AvgIpc) is 2.45. The van der Waals surface area contributed by atoms with E-state index in [0.717, 1.165) is 18.4 Å². The molecule has 1 rings (SSSR count). The first kappa shape index (κ1) is 16.0. The molecular weight excluding hydrogens is 256 g/mol. The molecule has 0 radical (unpaired) electrons. The van der Waals surface area contributed by atoms with Crippen molar-refractivity contribution in [1.82, 2.24) is 10.2 Å². The Labute approximate surface area is 119 Å². The maximum atomic E-state index is 11.7. The van der Waals surface area contributed by atoms with Gasteiger partial charge in [0.15, 0.2) is 0 Å². The van der Waals surface area contributed by atoms with Gasteiger partial charge in [-0.3, -0.25) is 9.59 Å². The maximum absolute atomic E-state index is 11.7. The second kappa shape index (κ2) is 8.19. The van der Waals surface area contributed by atoms with E-state index in [2.05, 4.69) is 5.32 Å². The molecule has 1 aromatic carbocycles. The van der Waals surface area contributed by atoms with E-state index in [1.807, 2.05) is 6.92 Å². The predicted molar refractivity (Wildman–Crippen MR) is 77.4 cm³/mol. The third-order valence-corrected chi connectivity index (χ3v) is 3.02. The number of phenols is 1. The van der Waals surface area contributed by atoms with Crippen LogP contribution in [0.15, 0.2) is 24.3 Å². The molecule has 1 aromatic rings. The first-order valence-corrected chi connectivity index (χ1v) is 6.85. The summed E-state index contributed by atoms with van der Waals surface area (Å²) < 4.78 is 0. The van der Waals surface area contributed by atoms with Crippen LogP contribution in [0.1, 0.15) is 25.3 Å². The van der Waals surface area contributed by atoms with Gasteiger partial charge in [-0.05, 0) is 30.5 Å². The highest BCUT2D eigenvalue weighted by atomic mass is 16.3. The highest BCUT2D eigenvalue weighted by molar-refractivity contribution is 6.34. The monoisotopic (exact) mass is 278 g/mol. The third kappa shape index (κ3) is 5.30. The molecule has 0 heterocycles. The molecule has 0 fully saturated rings. The minimum atomic E-state index is -0.567. The van der Waals surface area contributed by atoms with Crippen molar-refractivity contribution in [2.24, 2.45) is 0 Å². The Morgan fingerprint density at radius 1 is 1.25 bits per heavy atom. The Morgan fingerprint density at radius 2 is 1.90 bits per heavy atom. The minimum absolute atomic E-state index is 0.213. The number of hydrogen-bond acceptors (Lipinski definition) is 3. The van der Waals surface area contributed by atoms with Gasteiger partial charge in [-0.25, -0.2) is 0 Å². The molecule has 5 nitrogen and oxygen atoms in total. The van der Waals surface area contributed by atoms with Crippen LogP contribution < -0.4 is 5.32 Å². The van der Waals surface area contributed by atoms with Crippen molar-refractivity contribution in [3.8, 4) is 5.75 Å². The Hall–Kier alpha value is -2.04. The lowest BCUT2D eigenvalue weighted by atomic mass is 10.1. The van der Waals surface area contributed by atoms with Crippen LogP contribution in [0.2, 0.25) is 0 Å². The fraction of sp³-hybridized carbons (Fsp3) is 0.467. The summed E-state index contributed by atoms with van der Waals surface area (Å²) in [6.45, 7) is 3.04. The van der Waals surface area contributed by atoms with E-state index >= 15 is 0 Å². The zero-order valence-electron chi connectivity index (χ0n) is 12.1. The number of carbonyl (C=O) groups is 2. The van der Waals surface area contributed by atoms with Gasteiger partial charge in [0, 0.05) is 20.1 Å². The fourth-order valence-electron chi connectivity index (χ4n) is 1.73. The number of hydrogen-bond donors (Lipinski definition) is 2. The number of nitrogens with zero attached hydrogens (tertiary/aromatic N) is 1. The van der Waals surface area contributed by atoms with E-state index in [-0.39, 0.29) is 5.75 Å². The van der Waals surface area contributed by atoms with E-state index in [0.29, 0.717) is 19.5 Å². The van der Waals surface area contributed by atoms with Gasteiger partial charge in [0.25, 0.3) is 0 Å². The summed E-state index contributed by atoms with van der Waals surface area (Å²) in [7, 11) is 1.64. The molecule has 0 saturated heterocycles. The van der Waals surface area contributed by atoms with Crippen LogP contribution in [0.5, 0.6) is 5.75 Å². The number of likely N-dealkylation sites (N-methyl/N-ethyl adjacent to an activating group) is 1. The number of aromatic hydroxyl groups is 1.